The number of hydrogen-bond acceptors (Lipinski definition) is 6. The molecule has 8 heteroatoms. The maximum Gasteiger partial charge on any atom is 0.419 e. The highest BCUT2D eigenvalue weighted by atomic mass is 32.1. The summed E-state index contributed by atoms with van der Waals surface area (Å²) in [6.45, 7) is 0.274. The van der Waals surface area contributed by atoms with Crippen LogP contribution in [-0.4, -0.2) is 22.1 Å². The summed E-state index contributed by atoms with van der Waals surface area (Å²) >= 11 is 1.45. The molecule has 0 fully saturated rings. The van der Waals surface area contributed by atoms with E-state index in [1.165, 1.54) is 15.9 Å². The maximum atomic E-state index is 11.9. The second kappa shape index (κ2) is 7.69. The fourth-order valence-corrected chi connectivity index (χ4v) is 3.45. The first-order chi connectivity index (χ1) is 13.6. The monoisotopic (exact) mass is 395 g/mol. The summed E-state index contributed by atoms with van der Waals surface area (Å²) in [7, 11) is 1.67. The van der Waals surface area contributed by atoms with E-state index in [9.17, 15) is 9.59 Å². The summed E-state index contributed by atoms with van der Waals surface area (Å²) in [6, 6.07) is 14.7. The summed E-state index contributed by atoms with van der Waals surface area (Å²) < 4.78 is 12.1. The molecule has 1 amide bonds. The van der Waals surface area contributed by atoms with E-state index < -0.39 is 5.76 Å². The lowest BCUT2D eigenvalue weighted by Crippen LogP contribution is -2.28. The first-order valence-electron chi connectivity index (χ1n) is 8.59. The Labute approximate surface area is 164 Å². The molecule has 0 saturated heterocycles. The second-order valence-corrected chi connectivity index (χ2v) is 7.06. The zero-order valence-corrected chi connectivity index (χ0v) is 15.9. The van der Waals surface area contributed by atoms with Gasteiger partial charge in [-0.05, 0) is 24.3 Å². The van der Waals surface area contributed by atoms with Gasteiger partial charge in [0.25, 0.3) is 5.91 Å². The number of carbonyl (C=O) groups excluding carboxylic acids is 1. The standard InChI is InChI=1S/C20H17N3O4S/c1-23-16-8-7-13(9-17(16)27-20(23)25)15-12-28-19(22-15)10-21-18(24)11-26-14-5-3-2-4-6-14/h2-9,12H,10-11H2,1H3,(H,21,24). The zero-order valence-electron chi connectivity index (χ0n) is 15.0. The number of nitrogens with zero attached hydrogens (tertiary/aromatic N) is 2. The number of oxazole rings is 1. The highest BCUT2D eigenvalue weighted by Crippen LogP contribution is 2.25. The number of carbonyl (C=O) groups is 1. The lowest BCUT2D eigenvalue weighted by atomic mass is 10.1. The molecule has 2 aromatic heterocycles. The summed E-state index contributed by atoms with van der Waals surface area (Å²) in [5, 5.41) is 5.48. The van der Waals surface area contributed by atoms with Gasteiger partial charge in [-0.25, -0.2) is 9.78 Å². The van der Waals surface area contributed by atoms with Crippen LogP contribution in [0, 0.1) is 0 Å². The molecule has 4 aromatic rings. The molecule has 0 bridgehead atoms. The van der Waals surface area contributed by atoms with Crippen LogP contribution in [0.5, 0.6) is 5.75 Å². The van der Waals surface area contributed by atoms with E-state index in [1.54, 1.807) is 25.2 Å². The van der Waals surface area contributed by atoms with Crippen LogP contribution >= 0.6 is 11.3 Å². The normalized spacial score (nSPS) is 10.9. The number of amides is 1. The van der Waals surface area contributed by atoms with Crippen LogP contribution in [0.1, 0.15) is 5.01 Å². The summed E-state index contributed by atoms with van der Waals surface area (Å²) in [5.41, 5.74) is 2.87. The quantitative estimate of drug-likeness (QED) is 0.542. The Bertz CT molecular complexity index is 1180. The minimum atomic E-state index is -0.397. The van der Waals surface area contributed by atoms with Gasteiger partial charge >= 0.3 is 5.76 Å². The number of aromatic nitrogens is 2. The van der Waals surface area contributed by atoms with Crippen molar-refractivity contribution in [2.75, 3.05) is 6.61 Å². The maximum absolute atomic E-state index is 11.9. The SMILES string of the molecule is Cn1c(=O)oc2cc(-c3csc(CNC(=O)COc4ccccc4)n3)ccc21. The molecule has 4 rings (SSSR count). The van der Waals surface area contributed by atoms with Gasteiger partial charge in [0.2, 0.25) is 0 Å². The van der Waals surface area contributed by atoms with E-state index in [1.807, 2.05) is 35.7 Å². The van der Waals surface area contributed by atoms with E-state index in [4.69, 9.17) is 9.15 Å². The minimum Gasteiger partial charge on any atom is -0.484 e. The Balaban J connectivity index is 1.38. The van der Waals surface area contributed by atoms with Crippen molar-refractivity contribution in [2.24, 2.45) is 7.05 Å². The van der Waals surface area contributed by atoms with Gasteiger partial charge in [0.05, 0.1) is 17.8 Å². The van der Waals surface area contributed by atoms with Gasteiger partial charge in [-0.2, -0.15) is 0 Å². The van der Waals surface area contributed by atoms with Crippen LogP contribution in [0.3, 0.4) is 0 Å². The van der Waals surface area contributed by atoms with Crippen LogP contribution in [0.15, 0.2) is 63.1 Å². The average molecular weight is 395 g/mol. The third-order valence-corrected chi connectivity index (χ3v) is 5.04. The zero-order chi connectivity index (χ0) is 19.5. The smallest absolute Gasteiger partial charge is 0.419 e. The number of fused-ring (bicyclic) bond motifs is 1. The Hall–Kier alpha value is -3.39. The van der Waals surface area contributed by atoms with Gasteiger partial charge in [-0.3, -0.25) is 9.36 Å². The molecule has 0 atom stereocenters. The lowest BCUT2D eigenvalue weighted by Gasteiger charge is -2.06. The van der Waals surface area contributed by atoms with Crippen molar-refractivity contribution in [3.63, 3.8) is 0 Å². The van der Waals surface area contributed by atoms with Gasteiger partial charge in [-0.15, -0.1) is 11.3 Å². The van der Waals surface area contributed by atoms with Crippen LogP contribution in [0.2, 0.25) is 0 Å². The minimum absolute atomic E-state index is 0.0496. The molecule has 1 N–H and O–H groups in total. The predicted molar refractivity (Wildman–Crippen MR) is 106 cm³/mol. The van der Waals surface area contributed by atoms with E-state index >= 15 is 0 Å². The number of para-hydroxylation sites is 1. The third-order valence-electron chi connectivity index (χ3n) is 4.19. The number of rotatable bonds is 6. The number of ether oxygens (including phenoxy) is 1. The molecule has 0 aliphatic rings. The lowest BCUT2D eigenvalue weighted by molar-refractivity contribution is -0.123. The number of thiazole rings is 1. The first kappa shape index (κ1) is 18.0. The van der Waals surface area contributed by atoms with Gasteiger partial charge in [0.1, 0.15) is 10.8 Å². The molecule has 0 radical (unpaired) electrons. The molecule has 0 spiro atoms. The molecule has 0 aliphatic heterocycles. The third kappa shape index (κ3) is 3.81. The van der Waals surface area contributed by atoms with E-state index in [0.717, 1.165) is 21.8 Å². The Morgan fingerprint density at radius 1 is 1.25 bits per heavy atom. The Kier molecular flexibility index (Phi) is 4.94. The van der Waals surface area contributed by atoms with Gasteiger partial charge in [0, 0.05) is 18.0 Å². The summed E-state index contributed by atoms with van der Waals surface area (Å²) in [6.07, 6.45) is 0. The predicted octanol–water partition coefficient (Wildman–Crippen LogP) is 2.95. The molecular weight excluding hydrogens is 378 g/mol. The fourth-order valence-electron chi connectivity index (χ4n) is 2.71. The molecule has 2 aromatic carbocycles. The first-order valence-corrected chi connectivity index (χ1v) is 9.47. The van der Waals surface area contributed by atoms with Crippen LogP contribution in [0.4, 0.5) is 0 Å². The molecule has 0 aliphatic carbocycles. The van der Waals surface area contributed by atoms with Crippen molar-refractivity contribution in [2.45, 2.75) is 6.54 Å². The van der Waals surface area contributed by atoms with Crippen molar-refractivity contribution in [3.05, 3.63) is 69.5 Å². The summed E-state index contributed by atoms with van der Waals surface area (Å²) in [4.78, 5) is 28.1. The van der Waals surface area contributed by atoms with Crippen LogP contribution in [-0.2, 0) is 18.4 Å². The van der Waals surface area contributed by atoms with E-state index in [2.05, 4.69) is 10.3 Å². The van der Waals surface area contributed by atoms with Gasteiger partial charge in [-0.1, -0.05) is 24.3 Å². The number of benzene rings is 2. The van der Waals surface area contributed by atoms with Crippen molar-refractivity contribution < 1.29 is 13.9 Å². The molecule has 142 valence electrons. The topological polar surface area (TPSA) is 86.4 Å². The van der Waals surface area contributed by atoms with Crippen molar-refractivity contribution >= 4 is 28.3 Å². The van der Waals surface area contributed by atoms with Crippen molar-refractivity contribution in [1.29, 1.82) is 0 Å². The van der Waals surface area contributed by atoms with Crippen molar-refractivity contribution in [1.82, 2.24) is 14.9 Å². The molecule has 0 saturated carbocycles. The number of aryl methyl sites for hydroxylation is 1. The van der Waals surface area contributed by atoms with Crippen LogP contribution < -0.4 is 15.8 Å². The second-order valence-electron chi connectivity index (χ2n) is 6.11. The highest BCUT2D eigenvalue weighted by molar-refractivity contribution is 7.09. The van der Waals surface area contributed by atoms with Crippen molar-refractivity contribution in [3.8, 4) is 17.0 Å². The van der Waals surface area contributed by atoms with Crippen LogP contribution in [0.25, 0.3) is 22.4 Å². The number of nitrogens with one attached hydrogen (secondary N) is 1. The molecule has 0 unspecified atom stereocenters. The van der Waals surface area contributed by atoms with Gasteiger partial charge in [0.15, 0.2) is 12.2 Å². The largest absolute Gasteiger partial charge is 0.484 e. The Morgan fingerprint density at radius 2 is 2.07 bits per heavy atom. The molecule has 7 nitrogen and oxygen atoms in total. The highest BCUT2D eigenvalue weighted by Gasteiger charge is 2.11. The number of hydrogen-bond donors (Lipinski definition) is 1. The molecule has 28 heavy (non-hydrogen) atoms. The average Bonchev–Trinajstić information content (AvgIpc) is 3.30. The molecular formula is C20H17N3O4S. The summed E-state index contributed by atoms with van der Waals surface area (Å²) in [5.74, 6) is 0.0387. The Morgan fingerprint density at radius 3 is 2.89 bits per heavy atom. The van der Waals surface area contributed by atoms with E-state index in [-0.39, 0.29) is 12.5 Å². The molecule has 2 heterocycles. The van der Waals surface area contributed by atoms with E-state index in [0.29, 0.717) is 17.9 Å². The fraction of sp³-hybridized carbons (Fsp3) is 0.150. The van der Waals surface area contributed by atoms with Gasteiger partial charge < -0.3 is 14.5 Å².